The van der Waals surface area contributed by atoms with E-state index in [-0.39, 0.29) is 24.5 Å². The molecule has 9 heteroatoms. The maximum atomic E-state index is 12.6. The number of aliphatic carboxylic acids is 1. The lowest BCUT2D eigenvalue weighted by Gasteiger charge is -2.37. The van der Waals surface area contributed by atoms with E-state index in [4.69, 9.17) is 9.84 Å². The minimum absolute atomic E-state index is 0.0359. The number of nitrogens with zero attached hydrogens (tertiary/aromatic N) is 4. The van der Waals surface area contributed by atoms with E-state index < -0.39 is 11.6 Å². The number of imidazole rings is 1. The van der Waals surface area contributed by atoms with Crippen molar-refractivity contribution in [3.05, 3.63) is 18.7 Å². The Labute approximate surface area is 157 Å². The molecule has 0 aromatic carbocycles. The van der Waals surface area contributed by atoms with Crippen molar-refractivity contribution >= 4 is 18.0 Å². The molecule has 1 aromatic rings. The summed E-state index contributed by atoms with van der Waals surface area (Å²) in [5.74, 6) is -0.775. The highest BCUT2D eigenvalue weighted by Crippen LogP contribution is 2.33. The zero-order valence-electron chi connectivity index (χ0n) is 15.5. The van der Waals surface area contributed by atoms with Crippen LogP contribution in [0.5, 0.6) is 0 Å². The molecule has 3 rings (SSSR count). The SMILES string of the molecule is CC(CC(=O)N1CCC2(CC1)CN(CCCC(=O)O)C(=O)O2)n1ccnc1. The van der Waals surface area contributed by atoms with Gasteiger partial charge in [0.05, 0.1) is 12.9 Å². The van der Waals surface area contributed by atoms with Gasteiger partial charge in [0, 0.05) is 63.8 Å². The molecule has 1 N–H and O–H groups in total. The van der Waals surface area contributed by atoms with E-state index in [9.17, 15) is 14.4 Å². The first kappa shape index (κ1) is 19.2. The van der Waals surface area contributed by atoms with Gasteiger partial charge in [0.25, 0.3) is 0 Å². The first-order valence-corrected chi connectivity index (χ1v) is 9.33. The summed E-state index contributed by atoms with van der Waals surface area (Å²) in [6, 6.07) is 0.0462. The Morgan fingerprint density at radius 2 is 2.11 bits per heavy atom. The summed E-state index contributed by atoms with van der Waals surface area (Å²) in [5.41, 5.74) is -0.549. The summed E-state index contributed by atoms with van der Waals surface area (Å²) in [7, 11) is 0. The molecule has 0 aliphatic carbocycles. The van der Waals surface area contributed by atoms with Gasteiger partial charge < -0.3 is 24.2 Å². The molecule has 27 heavy (non-hydrogen) atoms. The van der Waals surface area contributed by atoms with Gasteiger partial charge in [0.15, 0.2) is 0 Å². The molecule has 2 aliphatic heterocycles. The average molecular weight is 378 g/mol. The fourth-order valence-electron chi connectivity index (χ4n) is 3.73. The molecule has 1 atom stereocenters. The van der Waals surface area contributed by atoms with Gasteiger partial charge in [-0.3, -0.25) is 9.59 Å². The molecule has 0 bridgehead atoms. The summed E-state index contributed by atoms with van der Waals surface area (Å²) in [6.07, 6.45) is 6.95. The van der Waals surface area contributed by atoms with Crippen LogP contribution in [0, 0.1) is 0 Å². The van der Waals surface area contributed by atoms with Gasteiger partial charge >= 0.3 is 12.1 Å². The van der Waals surface area contributed by atoms with Crippen molar-refractivity contribution in [3.8, 4) is 0 Å². The van der Waals surface area contributed by atoms with Gasteiger partial charge in [0.1, 0.15) is 5.60 Å². The Morgan fingerprint density at radius 1 is 1.37 bits per heavy atom. The lowest BCUT2D eigenvalue weighted by atomic mass is 9.91. The Hall–Kier alpha value is -2.58. The third-order valence-electron chi connectivity index (χ3n) is 5.39. The number of carbonyl (C=O) groups excluding carboxylic acids is 2. The van der Waals surface area contributed by atoms with Crippen LogP contribution in [-0.2, 0) is 14.3 Å². The molecule has 2 saturated heterocycles. The van der Waals surface area contributed by atoms with Crippen LogP contribution in [0.4, 0.5) is 4.79 Å². The minimum Gasteiger partial charge on any atom is -0.481 e. The molecule has 1 aromatic heterocycles. The van der Waals surface area contributed by atoms with Crippen molar-refractivity contribution in [2.75, 3.05) is 26.2 Å². The predicted octanol–water partition coefficient (Wildman–Crippen LogP) is 1.51. The largest absolute Gasteiger partial charge is 0.481 e. The molecule has 2 amide bonds. The van der Waals surface area contributed by atoms with Crippen LogP contribution in [0.2, 0.25) is 0 Å². The standard InChI is InChI=1S/C18H26N4O5/c1-14(22-10-6-19-13-22)11-15(23)20-8-4-18(5-9-20)12-21(17(26)27-18)7-2-3-16(24)25/h6,10,13-14H,2-5,7-9,11-12H2,1H3,(H,24,25). The van der Waals surface area contributed by atoms with E-state index >= 15 is 0 Å². The topological polar surface area (TPSA) is 105 Å². The summed E-state index contributed by atoms with van der Waals surface area (Å²) in [4.78, 5) is 42.7. The Kier molecular flexibility index (Phi) is 5.67. The number of hydrogen-bond donors (Lipinski definition) is 1. The van der Waals surface area contributed by atoms with Gasteiger partial charge in [-0.25, -0.2) is 9.78 Å². The third kappa shape index (κ3) is 4.58. The second-order valence-electron chi connectivity index (χ2n) is 7.41. The number of ether oxygens (including phenoxy) is 1. The number of carboxylic acids is 1. The van der Waals surface area contributed by atoms with E-state index in [0.717, 1.165) is 0 Å². The van der Waals surface area contributed by atoms with Crippen LogP contribution < -0.4 is 0 Å². The van der Waals surface area contributed by atoms with Crippen LogP contribution in [0.25, 0.3) is 0 Å². The molecule has 1 unspecified atom stereocenters. The fourth-order valence-corrected chi connectivity index (χ4v) is 3.73. The summed E-state index contributed by atoms with van der Waals surface area (Å²) < 4.78 is 7.53. The van der Waals surface area contributed by atoms with Crippen molar-refractivity contribution in [1.29, 1.82) is 0 Å². The number of aromatic nitrogens is 2. The minimum atomic E-state index is -0.867. The number of carboxylic acid groups (broad SMARTS) is 1. The van der Waals surface area contributed by atoms with Gasteiger partial charge in [-0.05, 0) is 13.3 Å². The highest BCUT2D eigenvalue weighted by molar-refractivity contribution is 5.77. The summed E-state index contributed by atoms with van der Waals surface area (Å²) in [5, 5.41) is 8.72. The molecular formula is C18H26N4O5. The number of carbonyl (C=O) groups is 3. The van der Waals surface area contributed by atoms with Crippen LogP contribution in [0.3, 0.4) is 0 Å². The normalized spacial score (nSPS) is 20.0. The zero-order valence-corrected chi connectivity index (χ0v) is 15.5. The predicted molar refractivity (Wildman–Crippen MR) is 95.0 cm³/mol. The van der Waals surface area contributed by atoms with Crippen LogP contribution in [0.15, 0.2) is 18.7 Å². The molecule has 0 radical (unpaired) electrons. The second kappa shape index (κ2) is 7.98. The number of hydrogen-bond acceptors (Lipinski definition) is 5. The highest BCUT2D eigenvalue weighted by Gasteiger charge is 2.47. The Morgan fingerprint density at radius 3 is 2.74 bits per heavy atom. The van der Waals surface area contributed by atoms with Crippen molar-refractivity contribution in [1.82, 2.24) is 19.4 Å². The van der Waals surface area contributed by atoms with Crippen molar-refractivity contribution < 1.29 is 24.2 Å². The summed E-state index contributed by atoms with van der Waals surface area (Å²) in [6.45, 7) is 3.97. The highest BCUT2D eigenvalue weighted by atomic mass is 16.6. The lowest BCUT2D eigenvalue weighted by Crippen LogP contribution is -2.49. The van der Waals surface area contributed by atoms with Gasteiger partial charge in [-0.1, -0.05) is 0 Å². The maximum Gasteiger partial charge on any atom is 0.410 e. The molecule has 2 fully saturated rings. The molecule has 3 heterocycles. The maximum absolute atomic E-state index is 12.6. The van der Waals surface area contributed by atoms with Crippen LogP contribution in [0.1, 0.15) is 45.1 Å². The monoisotopic (exact) mass is 378 g/mol. The smallest absolute Gasteiger partial charge is 0.410 e. The number of likely N-dealkylation sites (tertiary alicyclic amines) is 1. The van der Waals surface area contributed by atoms with E-state index in [1.54, 1.807) is 17.4 Å². The van der Waals surface area contributed by atoms with Crippen LogP contribution >= 0.6 is 0 Å². The van der Waals surface area contributed by atoms with Crippen molar-refractivity contribution in [2.24, 2.45) is 0 Å². The zero-order chi connectivity index (χ0) is 19.4. The molecule has 0 saturated carbocycles. The van der Waals surface area contributed by atoms with E-state index in [2.05, 4.69) is 4.98 Å². The first-order chi connectivity index (χ1) is 12.9. The second-order valence-corrected chi connectivity index (χ2v) is 7.41. The number of rotatable bonds is 7. The third-order valence-corrected chi connectivity index (χ3v) is 5.39. The number of piperidine rings is 1. The lowest BCUT2D eigenvalue weighted by molar-refractivity contribution is -0.137. The van der Waals surface area contributed by atoms with Gasteiger partial charge in [-0.15, -0.1) is 0 Å². The van der Waals surface area contributed by atoms with Gasteiger partial charge in [0.2, 0.25) is 5.91 Å². The average Bonchev–Trinajstić information content (AvgIpc) is 3.24. The first-order valence-electron chi connectivity index (χ1n) is 9.33. The summed E-state index contributed by atoms with van der Waals surface area (Å²) >= 11 is 0. The van der Waals surface area contributed by atoms with Crippen molar-refractivity contribution in [3.63, 3.8) is 0 Å². The molecule has 9 nitrogen and oxygen atoms in total. The fraction of sp³-hybridized carbons (Fsp3) is 0.667. The molecule has 148 valence electrons. The van der Waals surface area contributed by atoms with E-state index in [0.29, 0.717) is 51.9 Å². The van der Waals surface area contributed by atoms with Crippen LogP contribution in [-0.4, -0.2) is 74.2 Å². The molecular weight excluding hydrogens is 352 g/mol. The van der Waals surface area contributed by atoms with E-state index in [1.807, 2.05) is 22.6 Å². The quantitative estimate of drug-likeness (QED) is 0.771. The Bertz CT molecular complexity index is 682. The van der Waals surface area contributed by atoms with Gasteiger partial charge in [-0.2, -0.15) is 0 Å². The van der Waals surface area contributed by atoms with E-state index in [1.165, 1.54) is 0 Å². The van der Waals surface area contributed by atoms with Crippen molar-refractivity contribution in [2.45, 2.75) is 50.7 Å². The Balaban J connectivity index is 1.47. The molecule has 1 spiro atoms. The molecule has 2 aliphatic rings. The number of amides is 2.